The number of hydrogen-bond acceptors (Lipinski definition) is 4. The van der Waals surface area contributed by atoms with Gasteiger partial charge in [-0.3, -0.25) is 0 Å². The van der Waals surface area contributed by atoms with Crippen molar-refractivity contribution < 1.29 is 9.90 Å². The van der Waals surface area contributed by atoms with E-state index in [4.69, 9.17) is 5.11 Å². The normalized spacial score (nSPS) is 21.2. The predicted molar refractivity (Wildman–Crippen MR) is 72.8 cm³/mol. The smallest absolute Gasteiger partial charge is 0.358 e. The topological polar surface area (TPSA) is 85.8 Å². The van der Waals surface area contributed by atoms with Crippen LogP contribution in [0.2, 0.25) is 0 Å². The molecular formula is C14H17N5O2. The third kappa shape index (κ3) is 2.43. The molecule has 0 amide bonds. The minimum atomic E-state index is -1.06. The number of carboxylic acid groups (broad SMARTS) is 1. The molecule has 0 radical (unpaired) electrons. The number of aryl methyl sites for hydroxylation is 1. The molecule has 2 aromatic heterocycles. The number of fused-ring (bicyclic) bond motifs is 1. The number of nitrogens with zero attached hydrogens (tertiary/aromatic N) is 5. The average Bonchev–Trinajstić information content (AvgIpc) is 3.07. The van der Waals surface area contributed by atoms with Gasteiger partial charge in [-0.15, -0.1) is 5.10 Å². The Morgan fingerprint density at radius 2 is 2.14 bits per heavy atom. The van der Waals surface area contributed by atoms with Crippen molar-refractivity contribution in [2.24, 2.45) is 11.8 Å². The van der Waals surface area contributed by atoms with Gasteiger partial charge in [-0.05, 0) is 31.1 Å². The van der Waals surface area contributed by atoms with Gasteiger partial charge in [-0.2, -0.15) is 0 Å². The van der Waals surface area contributed by atoms with Gasteiger partial charge in [0.15, 0.2) is 5.69 Å². The Morgan fingerprint density at radius 1 is 1.29 bits per heavy atom. The van der Waals surface area contributed by atoms with Crippen LogP contribution in [0.3, 0.4) is 0 Å². The van der Waals surface area contributed by atoms with E-state index < -0.39 is 5.97 Å². The summed E-state index contributed by atoms with van der Waals surface area (Å²) in [5.74, 6) is 1.82. The third-order valence-corrected chi connectivity index (χ3v) is 4.45. The van der Waals surface area contributed by atoms with Gasteiger partial charge in [0.1, 0.15) is 5.82 Å². The Hall–Kier alpha value is -2.18. The maximum absolute atomic E-state index is 10.8. The van der Waals surface area contributed by atoms with E-state index in [0.717, 1.165) is 36.3 Å². The molecule has 3 heterocycles. The van der Waals surface area contributed by atoms with Crippen molar-refractivity contribution in [2.45, 2.75) is 38.8 Å². The molecule has 1 N–H and O–H groups in total. The van der Waals surface area contributed by atoms with E-state index in [1.54, 1.807) is 0 Å². The second-order valence-electron chi connectivity index (χ2n) is 6.04. The molecule has 0 bridgehead atoms. The fraction of sp³-hybridized carbons (Fsp3) is 0.571. The molecule has 7 heteroatoms. The molecule has 2 aliphatic rings. The largest absolute Gasteiger partial charge is 0.476 e. The molecule has 1 saturated carbocycles. The number of hydrogen-bond donors (Lipinski definition) is 1. The maximum Gasteiger partial charge on any atom is 0.358 e. The number of imidazole rings is 1. The number of aromatic nitrogens is 5. The Bertz CT molecular complexity index is 685. The second-order valence-corrected chi connectivity index (χ2v) is 6.04. The van der Waals surface area contributed by atoms with Gasteiger partial charge in [-0.1, -0.05) is 5.21 Å². The van der Waals surface area contributed by atoms with Crippen LogP contribution in [0, 0.1) is 11.8 Å². The van der Waals surface area contributed by atoms with Crippen molar-refractivity contribution in [3.8, 4) is 0 Å². The average molecular weight is 287 g/mol. The van der Waals surface area contributed by atoms with E-state index in [1.165, 1.54) is 30.1 Å². The molecular weight excluding hydrogens is 270 g/mol. The molecule has 4 rings (SSSR count). The van der Waals surface area contributed by atoms with Gasteiger partial charge in [-0.25, -0.2) is 14.5 Å². The van der Waals surface area contributed by atoms with Gasteiger partial charge in [0.2, 0.25) is 0 Å². The molecule has 0 spiro atoms. The summed E-state index contributed by atoms with van der Waals surface area (Å²) in [4.78, 5) is 15.4. The summed E-state index contributed by atoms with van der Waals surface area (Å²) in [7, 11) is 0. The Kier molecular flexibility index (Phi) is 2.80. The van der Waals surface area contributed by atoms with E-state index in [-0.39, 0.29) is 5.69 Å². The highest BCUT2D eigenvalue weighted by Gasteiger charge is 2.33. The summed E-state index contributed by atoms with van der Waals surface area (Å²) in [5.41, 5.74) is 0.885. The third-order valence-electron chi connectivity index (χ3n) is 4.45. The maximum atomic E-state index is 10.8. The minimum Gasteiger partial charge on any atom is -0.476 e. The van der Waals surface area contributed by atoms with Gasteiger partial charge in [0, 0.05) is 19.2 Å². The molecule has 2 aromatic rings. The van der Waals surface area contributed by atoms with Gasteiger partial charge in [0.05, 0.1) is 18.4 Å². The summed E-state index contributed by atoms with van der Waals surface area (Å²) in [6.45, 7) is 1.54. The number of carbonyl (C=O) groups is 1. The van der Waals surface area contributed by atoms with Crippen molar-refractivity contribution in [1.29, 1.82) is 0 Å². The van der Waals surface area contributed by atoms with Crippen molar-refractivity contribution in [3.63, 3.8) is 0 Å². The Balaban J connectivity index is 1.50. The highest BCUT2D eigenvalue weighted by Crippen LogP contribution is 2.41. The molecule has 7 nitrogen and oxygen atoms in total. The first kappa shape index (κ1) is 12.6. The lowest BCUT2D eigenvalue weighted by atomic mass is 9.95. The summed E-state index contributed by atoms with van der Waals surface area (Å²) in [6, 6.07) is 0. The zero-order valence-electron chi connectivity index (χ0n) is 11.6. The highest BCUT2D eigenvalue weighted by atomic mass is 16.4. The fourth-order valence-electron chi connectivity index (χ4n) is 3.20. The molecule has 21 heavy (non-hydrogen) atoms. The number of carboxylic acids is 1. The lowest BCUT2D eigenvalue weighted by Gasteiger charge is -2.23. The molecule has 1 unspecified atom stereocenters. The fourth-order valence-corrected chi connectivity index (χ4v) is 3.20. The summed E-state index contributed by atoms with van der Waals surface area (Å²) >= 11 is 0. The van der Waals surface area contributed by atoms with Gasteiger partial charge >= 0.3 is 5.97 Å². The summed E-state index contributed by atoms with van der Waals surface area (Å²) in [5, 5.41) is 16.3. The summed E-state index contributed by atoms with van der Waals surface area (Å²) < 4.78 is 3.78. The first-order chi connectivity index (χ1) is 10.2. The van der Waals surface area contributed by atoms with Crippen molar-refractivity contribution in [1.82, 2.24) is 24.5 Å². The molecule has 110 valence electrons. The van der Waals surface area contributed by atoms with Crippen LogP contribution in [-0.2, 0) is 19.5 Å². The van der Waals surface area contributed by atoms with Crippen molar-refractivity contribution in [2.75, 3.05) is 0 Å². The quantitative estimate of drug-likeness (QED) is 0.913. The van der Waals surface area contributed by atoms with Crippen LogP contribution in [-0.4, -0.2) is 35.6 Å². The molecule has 1 atom stereocenters. The van der Waals surface area contributed by atoms with E-state index in [1.807, 2.05) is 0 Å². The number of rotatable bonds is 4. The molecule has 0 saturated heterocycles. The first-order valence-corrected chi connectivity index (χ1v) is 7.37. The number of aromatic carboxylic acids is 1. The van der Waals surface area contributed by atoms with Crippen LogP contribution >= 0.6 is 0 Å². The van der Waals surface area contributed by atoms with E-state index >= 15 is 0 Å². The molecule has 1 fully saturated rings. The van der Waals surface area contributed by atoms with Crippen LogP contribution in [0.25, 0.3) is 0 Å². The second kappa shape index (κ2) is 4.68. The predicted octanol–water partition coefficient (Wildman–Crippen LogP) is 1.19. The lowest BCUT2D eigenvalue weighted by molar-refractivity contribution is 0.0690. The Morgan fingerprint density at radius 3 is 2.86 bits per heavy atom. The molecule has 0 aromatic carbocycles. The lowest BCUT2D eigenvalue weighted by Crippen LogP contribution is -2.21. The van der Waals surface area contributed by atoms with Crippen LogP contribution in [0.4, 0.5) is 0 Å². The monoisotopic (exact) mass is 287 g/mol. The van der Waals surface area contributed by atoms with E-state index in [9.17, 15) is 4.79 Å². The summed E-state index contributed by atoms with van der Waals surface area (Å²) in [6.07, 6.45) is 8.57. The van der Waals surface area contributed by atoms with Crippen LogP contribution < -0.4 is 0 Å². The standard InChI is InChI=1S/C14H17N5O2/c20-14(21)12-8-19(17-16-12)7-11-6-18-5-10(9-1-2-9)3-4-13(18)15-11/h6,8-10H,1-5,7H2,(H,20,21). The van der Waals surface area contributed by atoms with Gasteiger partial charge in [0.25, 0.3) is 0 Å². The van der Waals surface area contributed by atoms with E-state index in [2.05, 4.69) is 26.1 Å². The first-order valence-electron chi connectivity index (χ1n) is 7.37. The van der Waals surface area contributed by atoms with Crippen LogP contribution in [0.5, 0.6) is 0 Å². The van der Waals surface area contributed by atoms with Crippen LogP contribution in [0.15, 0.2) is 12.4 Å². The van der Waals surface area contributed by atoms with Crippen LogP contribution in [0.1, 0.15) is 41.3 Å². The molecule has 1 aliphatic heterocycles. The van der Waals surface area contributed by atoms with Crippen molar-refractivity contribution >= 4 is 5.97 Å². The zero-order valence-corrected chi connectivity index (χ0v) is 11.6. The van der Waals surface area contributed by atoms with Gasteiger partial charge < -0.3 is 9.67 Å². The SMILES string of the molecule is O=C(O)c1cn(Cc2cn3c(n2)CCC(C2CC2)C3)nn1. The minimum absolute atomic E-state index is 0.0345. The zero-order chi connectivity index (χ0) is 14.4. The van der Waals surface area contributed by atoms with Crippen molar-refractivity contribution in [3.05, 3.63) is 29.6 Å². The van der Waals surface area contributed by atoms with E-state index in [0.29, 0.717) is 6.54 Å². The molecule has 1 aliphatic carbocycles. The Labute approximate surface area is 121 Å². The highest BCUT2D eigenvalue weighted by molar-refractivity contribution is 5.84.